The molecule has 2 aliphatic heterocycles. The fraction of sp³-hybridized carbons (Fsp3) is 0.654. The van der Waals surface area contributed by atoms with Gasteiger partial charge in [0, 0.05) is 35.8 Å². The van der Waals surface area contributed by atoms with Gasteiger partial charge in [0.1, 0.15) is 5.75 Å². The average molecular weight is 494 g/mol. The Kier molecular flexibility index (Phi) is 8.82. The predicted octanol–water partition coefficient (Wildman–Crippen LogP) is 3.60. The predicted molar refractivity (Wildman–Crippen MR) is 135 cm³/mol. The molecule has 3 rings (SSSR count). The van der Waals surface area contributed by atoms with E-state index in [9.17, 15) is 14.4 Å². The van der Waals surface area contributed by atoms with Crippen LogP contribution in [0.3, 0.4) is 0 Å². The molecule has 0 radical (unpaired) electrons. The minimum absolute atomic E-state index is 0.0198. The van der Waals surface area contributed by atoms with Crippen molar-refractivity contribution in [1.29, 1.82) is 0 Å². The first-order chi connectivity index (χ1) is 16.1. The van der Waals surface area contributed by atoms with Crippen LogP contribution in [0, 0.1) is 11.3 Å². The number of carbonyl (C=O) groups excluding carboxylic acids is 3. The molecule has 1 N–H and O–H groups in total. The van der Waals surface area contributed by atoms with Gasteiger partial charge in [-0.25, -0.2) is 0 Å². The molecule has 0 aromatic heterocycles. The largest absolute Gasteiger partial charge is 0.496 e. The molecule has 1 amide bonds. The summed E-state index contributed by atoms with van der Waals surface area (Å²) in [5.41, 5.74) is -0.225. The Morgan fingerprint density at radius 2 is 1.85 bits per heavy atom. The summed E-state index contributed by atoms with van der Waals surface area (Å²) in [6.07, 6.45) is 1.22. The van der Waals surface area contributed by atoms with Gasteiger partial charge >= 0.3 is 0 Å². The maximum absolute atomic E-state index is 13.7. The summed E-state index contributed by atoms with van der Waals surface area (Å²) in [5, 5.41) is 2.35. The second-order valence-electron chi connectivity index (χ2n) is 10.0. The number of ketones is 1. The third-order valence-corrected chi connectivity index (χ3v) is 9.53. The molecule has 1 aromatic rings. The van der Waals surface area contributed by atoms with E-state index in [2.05, 4.69) is 5.32 Å². The number of rotatable bonds is 9. The van der Waals surface area contributed by atoms with Crippen molar-refractivity contribution in [3.05, 3.63) is 29.8 Å². The molecule has 2 aliphatic rings. The molecule has 2 fully saturated rings. The Hall–Kier alpha value is -1.90. The van der Waals surface area contributed by atoms with E-state index in [-0.39, 0.29) is 35.1 Å². The van der Waals surface area contributed by atoms with Crippen molar-refractivity contribution in [2.75, 3.05) is 26.1 Å². The Balaban J connectivity index is 1.88. The molecule has 0 spiro atoms. The van der Waals surface area contributed by atoms with Gasteiger partial charge in [-0.15, -0.1) is 0 Å². The molecular formula is C26H39NO6S. The third kappa shape index (κ3) is 5.66. The van der Waals surface area contributed by atoms with Gasteiger partial charge in [0.05, 0.1) is 30.7 Å². The number of nitrogens with one attached hydrogen (secondary N) is 1. The number of ether oxygens (including phenoxy) is 3. The van der Waals surface area contributed by atoms with Crippen LogP contribution in [0.5, 0.6) is 5.75 Å². The van der Waals surface area contributed by atoms with Crippen molar-refractivity contribution in [2.45, 2.75) is 71.0 Å². The van der Waals surface area contributed by atoms with Gasteiger partial charge in [0.25, 0.3) is 0 Å². The molecule has 0 aliphatic carbocycles. The quantitative estimate of drug-likeness (QED) is 0.404. The smallest absolute Gasteiger partial charge is 0.227 e. The highest BCUT2D eigenvalue weighted by atomic mass is 32.2. The van der Waals surface area contributed by atoms with E-state index in [1.807, 2.05) is 45.0 Å². The Morgan fingerprint density at radius 1 is 1.21 bits per heavy atom. The number of Topliss-reactive ketones (excluding diaryl/α,β-unsaturated/α-hetero) is 1. The number of para-hydroxylation sites is 1. The van der Waals surface area contributed by atoms with Crippen molar-refractivity contribution in [2.24, 2.45) is 11.3 Å². The summed E-state index contributed by atoms with van der Waals surface area (Å²) in [7, 11) is 0.276. The van der Waals surface area contributed by atoms with Crippen LogP contribution in [0.2, 0.25) is 0 Å². The zero-order chi connectivity index (χ0) is 25.0. The van der Waals surface area contributed by atoms with Crippen molar-refractivity contribution >= 4 is 27.7 Å². The summed E-state index contributed by atoms with van der Waals surface area (Å²) in [6.45, 7) is 10.3. The van der Waals surface area contributed by atoms with Crippen LogP contribution in [0.4, 0.5) is 0 Å². The first kappa shape index (κ1) is 26.7. The molecule has 7 nitrogen and oxygen atoms in total. The van der Waals surface area contributed by atoms with E-state index in [1.54, 1.807) is 21.0 Å². The highest BCUT2D eigenvalue weighted by Crippen LogP contribution is 2.52. The van der Waals surface area contributed by atoms with Crippen LogP contribution in [0.1, 0.15) is 59.1 Å². The molecule has 1 aromatic carbocycles. The van der Waals surface area contributed by atoms with Gasteiger partial charge in [0.2, 0.25) is 5.91 Å². The minimum atomic E-state index is -1.34. The second-order valence-corrected chi connectivity index (χ2v) is 12.6. The zero-order valence-corrected chi connectivity index (χ0v) is 22.0. The summed E-state index contributed by atoms with van der Waals surface area (Å²) in [6, 6.07) is 7.61. The first-order valence-electron chi connectivity index (χ1n) is 12.1. The summed E-state index contributed by atoms with van der Waals surface area (Å²) >= 11 is 0. The molecule has 190 valence electrons. The molecule has 8 heteroatoms. The lowest BCUT2D eigenvalue weighted by atomic mass is 9.75. The molecule has 0 bridgehead atoms. The van der Waals surface area contributed by atoms with E-state index >= 15 is 0 Å². The second kappa shape index (κ2) is 11.2. The maximum Gasteiger partial charge on any atom is 0.227 e. The fourth-order valence-electron chi connectivity index (χ4n) is 4.73. The summed E-state index contributed by atoms with van der Waals surface area (Å²) in [5.74, 6) is -0.207. The van der Waals surface area contributed by atoms with Crippen LogP contribution < -0.4 is 10.1 Å². The third-order valence-electron chi connectivity index (χ3n) is 6.79. The van der Waals surface area contributed by atoms with Crippen LogP contribution in [-0.4, -0.2) is 60.3 Å². The monoisotopic (exact) mass is 493 g/mol. The standard InChI is InChI=1S/C26H39NO6S/c1-16(2)27-25(30)26(4,5)22-23(28)17(3)34(24(22)29)15-21(33-18-11-13-32-14-12-18)19-9-7-8-10-20(19)31-6/h7-10,16-18,21-22,34H,11-15H2,1-6H3,(H,27,30). The normalized spacial score (nSPS) is 26.0. The van der Waals surface area contributed by atoms with Crippen LogP contribution >= 0.6 is 10.9 Å². The first-order valence-corrected chi connectivity index (χ1v) is 13.7. The molecule has 2 saturated heterocycles. The van der Waals surface area contributed by atoms with Crippen LogP contribution in [0.25, 0.3) is 0 Å². The molecule has 2 heterocycles. The van der Waals surface area contributed by atoms with Gasteiger partial charge in [-0.3, -0.25) is 14.4 Å². The number of methoxy groups -OCH3 is 1. The lowest BCUT2D eigenvalue weighted by Gasteiger charge is -2.32. The maximum atomic E-state index is 13.7. The number of benzene rings is 1. The lowest BCUT2D eigenvalue weighted by molar-refractivity contribution is -0.142. The van der Waals surface area contributed by atoms with Crippen molar-refractivity contribution in [3.63, 3.8) is 0 Å². The minimum Gasteiger partial charge on any atom is -0.496 e. The van der Waals surface area contributed by atoms with Crippen molar-refractivity contribution in [1.82, 2.24) is 5.32 Å². The summed E-state index contributed by atoms with van der Waals surface area (Å²) in [4.78, 5) is 39.9. The molecule has 34 heavy (non-hydrogen) atoms. The highest BCUT2D eigenvalue weighted by molar-refractivity contribution is 8.31. The van der Waals surface area contributed by atoms with Crippen LogP contribution in [0.15, 0.2) is 24.3 Å². The molecule has 4 unspecified atom stereocenters. The SMILES string of the molecule is COc1ccccc1C(C[SH]1C(=O)C(C(C)(C)C(=O)NC(C)C)C(=O)C1C)OC1CCOCC1. The number of hydrogen-bond acceptors (Lipinski definition) is 6. The number of carbonyl (C=O) groups is 3. The van der Waals surface area contributed by atoms with E-state index in [1.165, 1.54) is 0 Å². The van der Waals surface area contributed by atoms with Crippen molar-refractivity contribution < 1.29 is 28.6 Å². The molecule has 0 saturated carbocycles. The lowest BCUT2D eigenvalue weighted by Crippen LogP contribution is -2.48. The van der Waals surface area contributed by atoms with E-state index < -0.39 is 27.5 Å². The van der Waals surface area contributed by atoms with Gasteiger partial charge in [-0.05, 0) is 53.5 Å². The number of thiol groups is 1. The number of amides is 1. The van der Waals surface area contributed by atoms with Gasteiger partial charge < -0.3 is 19.5 Å². The summed E-state index contributed by atoms with van der Waals surface area (Å²) < 4.78 is 17.6. The van der Waals surface area contributed by atoms with Gasteiger partial charge in [-0.1, -0.05) is 18.2 Å². The van der Waals surface area contributed by atoms with E-state index in [0.29, 0.717) is 24.7 Å². The highest BCUT2D eigenvalue weighted by Gasteiger charge is 2.55. The Morgan fingerprint density at radius 3 is 2.47 bits per heavy atom. The molecular weight excluding hydrogens is 454 g/mol. The van der Waals surface area contributed by atoms with E-state index in [4.69, 9.17) is 14.2 Å². The number of hydrogen-bond donors (Lipinski definition) is 2. The Bertz CT molecular complexity index is 895. The van der Waals surface area contributed by atoms with Crippen LogP contribution in [-0.2, 0) is 23.9 Å². The zero-order valence-electron chi connectivity index (χ0n) is 21.1. The van der Waals surface area contributed by atoms with Crippen molar-refractivity contribution in [3.8, 4) is 5.75 Å². The average Bonchev–Trinajstić information content (AvgIpc) is 3.02. The topological polar surface area (TPSA) is 90.9 Å². The van der Waals surface area contributed by atoms with Gasteiger partial charge in [0.15, 0.2) is 10.9 Å². The van der Waals surface area contributed by atoms with E-state index in [0.717, 1.165) is 18.4 Å². The molecule has 4 atom stereocenters. The van der Waals surface area contributed by atoms with Gasteiger partial charge in [-0.2, -0.15) is 10.9 Å². The fourth-order valence-corrected chi connectivity index (χ4v) is 7.49. The Labute approximate surface area is 205 Å².